The van der Waals surface area contributed by atoms with Crippen molar-refractivity contribution in [1.82, 2.24) is 4.90 Å². The second kappa shape index (κ2) is 9.57. The zero-order chi connectivity index (χ0) is 19.9. The van der Waals surface area contributed by atoms with E-state index in [1.54, 1.807) is 11.8 Å². The third kappa shape index (κ3) is 4.96. The van der Waals surface area contributed by atoms with Gasteiger partial charge in [-0.25, -0.2) is 4.99 Å². The first-order chi connectivity index (χ1) is 14.3. The first-order valence-electron chi connectivity index (χ1n) is 9.98. The van der Waals surface area contributed by atoms with E-state index < -0.39 is 0 Å². The van der Waals surface area contributed by atoms with Crippen molar-refractivity contribution in [3.63, 3.8) is 0 Å². The highest BCUT2D eigenvalue weighted by molar-refractivity contribution is 8.13. The van der Waals surface area contributed by atoms with Gasteiger partial charge in [0.1, 0.15) is 0 Å². The number of para-hydroxylation sites is 1. The lowest BCUT2D eigenvalue weighted by Crippen LogP contribution is -2.39. The van der Waals surface area contributed by atoms with E-state index >= 15 is 0 Å². The zero-order valence-electron chi connectivity index (χ0n) is 16.3. The lowest BCUT2D eigenvalue weighted by atomic mass is 9.88. The van der Waals surface area contributed by atoms with Gasteiger partial charge in [-0.15, -0.1) is 0 Å². The second-order valence-corrected chi connectivity index (χ2v) is 8.12. The summed E-state index contributed by atoms with van der Waals surface area (Å²) >= 11 is 1.67. The zero-order valence-corrected chi connectivity index (χ0v) is 17.1. The van der Waals surface area contributed by atoms with E-state index in [0.717, 1.165) is 29.6 Å². The summed E-state index contributed by atoms with van der Waals surface area (Å²) in [4.78, 5) is 20.0. The Hall–Kier alpha value is -2.85. The predicted octanol–water partition coefficient (Wildman–Crippen LogP) is 5.86. The van der Waals surface area contributed by atoms with E-state index in [1.807, 2.05) is 71.6 Å². The number of rotatable bonds is 5. The summed E-state index contributed by atoms with van der Waals surface area (Å²) in [6.45, 7) is 0.730. The topological polar surface area (TPSA) is 32.7 Å². The molecule has 0 atom stereocenters. The highest BCUT2D eigenvalue weighted by Gasteiger charge is 2.27. The number of benzene rings is 3. The van der Waals surface area contributed by atoms with Crippen LogP contribution in [-0.2, 0) is 4.79 Å². The van der Waals surface area contributed by atoms with Crippen LogP contribution in [0.3, 0.4) is 0 Å². The summed E-state index contributed by atoms with van der Waals surface area (Å²) in [6.07, 6.45) is 1.42. The first kappa shape index (κ1) is 19.5. The van der Waals surface area contributed by atoms with Gasteiger partial charge in [-0.05, 0) is 29.7 Å². The standard InChI is InChI=1S/C25H24N2OS/c28-24(27-17-10-18-29-25(27)26-22-15-8-3-9-16-22)19-23(20-11-4-1-5-12-20)21-13-6-2-7-14-21/h1-9,11-16,23H,10,17-19H2. The van der Waals surface area contributed by atoms with Crippen LogP contribution in [0.25, 0.3) is 0 Å². The Kier molecular flexibility index (Phi) is 6.42. The van der Waals surface area contributed by atoms with Crippen molar-refractivity contribution in [1.29, 1.82) is 0 Å². The third-order valence-corrected chi connectivity index (χ3v) is 6.12. The maximum atomic E-state index is 13.4. The molecule has 1 aliphatic rings. The van der Waals surface area contributed by atoms with Gasteiger partial charge in [0.2, 0.25) is 5.91 Å². The molecule has 0 unspecified atom stereocenters. The number of aliphatic imine (C=N–C) groups is 1. The lowest BCUT2D eigenvalue weighted by molar-refractivity contribution is -0.127. The van der Waals surface area contributed by atoms with E-state index in [9.17, 15) is 4.79 Å². The highest BCUT2D eigenvalue weighted by atomic mass is 32.2. The minimum atomic E-state index is 0.0369. The molecule has 0 bridgehead atoms. The van der Waals surface area contributed by atoms with Crippen LogP contribution in [0.4, 0.5) is 5.69 Å². The van der Waals surface area contributed by atoms with Gasteiger partial charge in [0.05, 0.1) is 5.69 Å². The fourth-order valence-corrected chi connectivity index (χ4v) is 4.56. The molecule has 3 aromatic rings. The van der Waals surface area contributed by atoms with Gasteiger partial charge in [-0.2, -0.15) is 0 Å². The summed E-state index contributed by atoms with van der Waals surface area (Å²) in [6, 6.07) is 30.5. The largest absolute Gasteiger partial charge is 0.291 e. The summed E-state index contributed by atoms with van der Waals surface area (Å²) in [5, 5.41) is 0.812. The van der Waals surface area contributed by atoms with Crippen molar-refractivity contribution in [2.45, 2.75) is 18.8 Å². The molecule has 0 saturated carbocycles. The maximum Gasteiger partial charge on any atom is 0.229 e. The molecule has 1 fully saturated rings. The monoisotopic (exact) mass is 400 g/mol. The molecule has 1 saturated heterocycles. The number of thioether (sulfide) groups is 1. The maximum absolute atomic E-state index is 13.4. The summed E-state index contributed by atoms with van der Waals surface area (Å²) in [5.74, 6) is 1.16. The molecule has 0 aromatic heterocycles. The molecular weight excluding hydrogens is 376 g/mol. The highest BCUT2D eigenvalue weighted by Crippen LogP contribution is 2.30. The van der Waals surface area contributed by atoms with Gasteiger partial charge in [0.25, 0.3) is 0 Å². The van der Waals surface area contributed by atoms with Gasteiger partial charge in [0.15, 0.2) is 5.17 Å². The Morgan fingerprint density at radius 1 is 0.862 bits per heavy atom. The SMILES string of the molecule is O=C(CC(c1ccccc1)c1ccccc1)N1CCCSC1=Nc1ccccc1. The molecule has 3 nitrogen and oxygen atoms in total. The molecule has 0 radical (unpaired) electrons. The van der Waals surface area contributed by atoms with Gasteiger partial charge in [0, 0.05) is 24.6 Å². The third-order valence-electron chi connectivity index (χ3n) is 5.05. The number of carbonyl (C=O) groups is 1. The average Bonchev–Trinajstić information content (AvgIpc) is 2.79. The molecule has 0 spiro atoms. The number of nitrogens with zero attached hydrogens (tertiary/aromatic N) is 2. The van der Waals surface area contributed by atoms with Crippen LogP contribution in [-0.4, -0.2) is 28.3 Å². The fourth-order valence-electron chi connectivity index (χ4n) is 3.58. The van der Waals surface area contributed by atoms with Crippen molar-refractivity contribution in [2.75, 3.05) is 12.3 Å². The normalized spacial score (nSPS) is 15.6. The molecule has 0 aliphatic carbocycles. The van der Waals surface area contributed by atoms with Gasteiger partial charge < -0.3 is 0 Å². The minimum absolute atomic E-state index is 0.0369. The number of hydrogen-bond donors (Lipinski definition) is 0. The van der Waals surface area contributed by atoms with Crippen molar-refractivity contribution in [2.24, 2.45) is 4.99 Å². The van der Waals surface area contributed by atoms with Crippen molar-refractivity contribution in [3.8, 4) is 0 Å². The first-order valence-corrected chi connectivity index (χ1v) is 11.0. The molecule has 29 heavy (non-hydrogen) atoms. The summed E-state index contributed by atoms with van der Waals surface area (Å²) in [5.41, 5.74) is 3.22. The van der Waals surface area contributed by atoms with E-state index in [-0.39, 0.29) is 11.8 Å². The van der Waals surface area contributed by atoms with Crippen LogP contribution in [0, 0.1) is 0 Å². The lowest BCUT2D eigenvalue weighted by Gasteiger charge is -2.29. The summed E-state index contributed by atoms with van der Waals surface area (Å²) < 4.78 is 0. The average molecular weight is 401 g/mol. The molecule has 1 heterocycles. The van der Waals surface area contributed by atoms with Crippen molar-refractivity contribution in [3.05, 3.63) is 102 Å². The Balaban J connectivity index is 1.60. The summed E-state index contributed by atoms with van der Waals surface area (Å²) in [7, 11) is 0. The molecule has 4 heteroatoms. The Labute approximate surface area is 176 Å². The quantitative estimate of drug-likeness (QED) is 0.537. The fraction of sp³-hybridized carbons (Fsp3) is 0.200. The minimum Gasteiger partial charge on any atom is -0.291 e. The van der Waals surface area contributed by atoms with Crippen LogP contribution in [0.15, 0.2) is 96.0 Å². The van der Waals surface area contributed by atoms with Gasteiger partial charge >= 0.3 is 0 Å². The number of hydrogen-bond acceptors (Lipinski definition) is 3. The van der Waals surface area contributed by atoms with Crippen LogP contribution in [0.2, 0.25) is 0 Å². The Bertz CT molecular complexity index is 918. The molecule has 146 valence electrons. The van der Waals surface area contributed by atoms with Crippen LogP contribution < -0.4 is 0 Å². The van der Waals surface area contributed by atoms with Crippen LogP contribution in [0.5, 0.6) is 0 Å². The number of carbonyl (C=O) groups excluding carboxylic acids is 1. The smallest absolute Gasteiger partial charge is 0.229 e. The van der Waals surface area contributed by atoms with Gasteiger partial charge in [-0.1, -0.05) is 90.6 Å². The Morgan fingerprint density at radius 2 is 1.41 bits per heavy atom. The molecule has 0 N–H and O–H groups in total. The van der Waals surface area contributed by atoms with E-state index in [2.05, 4.69) is 24.3 Å². The van der Waals surface area contributed by atoms with Gasteiger partial charge in [-0.3, -0.25) is 9.69 Å². The van der Waals surface area contributed by atoms with Crippen molar-refractivity contribution >= 4 is 28.5 Å². The van der Waals surface area contributed by atoms with Crippen LogP contribution in [0.1, 0.15) is 29.9 Å². The molecule has 1 aliphatic heterocycles. The Morgan fingerprint density at radius 3 is 2.00 bits per heavy atom. The second-order valence-electron chi connectivity index (χ2n) is 7.06. The van der Waals surface area contributed by atoms with Crippen LogP contribution >= 0.6 is 11.8 Å². The van der Waals surface area contributed by atoms with Crippen molar-refractivity contribution < 1.29 is 4.79 Å². The van der Waals surface area contributed by atoms with E-state index in [0.29, 0.717) is 6.42 Å². The molecular formula is C25H24N2OS. The van der Waals surface area contributed by atoms with E-state index in [4.69, 9.17) is 4.99 Å². The van der Waals surface area contributed by atoms with E-state index in [1.165, 1.54) is 11.1 Å². The predicted molar refractivity (Wildman–Crippen MR) is 122 cm³/mol. The molecule has 4 rings (SSSR count). The number of amidine groups is 1. The molecule has 3 aromatic carbocycles. The molecule has 1 amide bonds. The number of amides is 1.